The summed E-state index contributed by atoms with van der Waals surface area (Å²) < 4.78 is 121. The maximum absolute atomic E-state index is 14.3. The monoisotopic (exact) mass is 1410 g/mol. The molecule has 100 heavy (non-hydrogen) atoms. The van der Waals surface area contributed by atoms with Gasteiger partial charge in [-0.15, -0.1) is 0 Å². The van der Waals surface area contributed by atoms with E-state index in [1.807, 2.05) is 73.8 Å². The lowest BCUT2D eigenvalue weighted by Crippen LogP contribution is -2.50. The molecule has 2 atom stereocenters. The van der Waals surface area contributed by atoms with Gasteiger partial charge >= 0.3 is 18.4 Å². The summed E-state index contributed by atoms with van der Waals surface area (Å²) in [6.45, 7) is 4.85. The fourth-order valence-electron chi connectivity index (χ4n) is 14.0. The number of likely N-dealkylation sites (N-methyl/N-ethyl adjacent to an activating group) is 2. The number of benzene rings is 6. The molecule has 3 aliphatic heterocycles. The minimum absolute atomic E-state index is 0.0323. The lowest BCUT2D eigenvalue weighted by atomic mass is 9.72. The van der Waals surface area contributed by atoms with Crippen LogP contribution in [0.25, 0.3) is 11.1 Å². The number of carbonyl (C=O) groups is 5. The van der Waals surface area contributed by atoms with Crippen molar-refractivity contribution in [2.45, 2.75) is 106 Å². The molecule has 4 aliphatic rings. The van der Waals surface area contributed by atoms with Crippen molar-refractivity contribution < 1.29 is 73.7 Å². The van der Waals surface area contributed by atoms with Crippen LogP contribution in [0.3, 0.4) is 0 Å². The molecule has 0 bridgehead atoms. The SMILES string of the molecule is COc1cc(NCCCCCC(=O)N(C)CCN2CCC(OC(=O)Nc3ccccc3-c3ccccc3)CC2)c(Cl)cc1C(=O)N(C)CCCN(C)C(=O)CO[C@H]1Cc2ccccc2C12CCN(CC[C@@]1(c3ccc(F)cc3)CN(C(=O)c3cc(C(F)(F)F)cc(C(F)(F)F)c3)CO1)CC2. The molecule has 10 rings (SSSR count). The van der Waals surface area contributed by atoms with Crippen LogP contribution in [-0.2, 0) is 53.6 Å². The predicted octanol–water partition coefficient (Wildman–Crippen LogP) is 13.6. The number of hydrogen-bond acceptors (Lipinski definition) is 12. The zero-order valence-electron chi connectivity index (χ0n) is 56.7. The first kappa shape index (κ1) is 74.4. The van der Waals surface area contributed by atoms with Crippen LogP contribution in [0.4, 0.5) is 46.9 Å². The Morgan fingerprint density at radius 3 is 2.04 bits per heavy atom. The number of amides is 5. The molecule has 1 spiro atoms. The van der Waals surface area contributed by atoms with Gasteiger partial charge in [0.05, 0.1) is 52.8 Å². The number of para-hydroxylation sites is 1. The van der Waals surface area contributed by atoms with E-state index in [4.69, 9.17) is 30.5 Å². The van der Waals surface area contributed by atoms with Crippen molar-refractivity contribution in [2.24, 2.45) is 0 Å². The molecule has 2 N–H and O–H groups in total. The van der Waals surface area contributed by atoms with E-state index in [-0.39, 0.29) is 61.1 Å². The number of ether oxygens (including phenoxy) is 4. The maximum Gasteiger partial charge on any atom is 0.416 e. The quantitative estimate of drug-likeness (QED) is 0.0371. The summed E-state index contributed by atoms with van der Waals surface area (Å²) >= 11 is 6.75. The van der Waals surface area contributed by atoms with E-state index in [0.717, 1.165) is 66.1 Å². The molecular weight excluding hydrogens is 1330 g/mol. The van der Waals surface area contributed by atoms with Gasteiger partial charge < -0.3 is 53.7 Å². The van der Waals surface area contributed by atoms with E-state index < -0.39 is 64.6 Å². The van der Waals surface area contributed by atoms with Crippen LogP contribution in [-0.4, -0.2) is 185 Å². The number of nitrogens with zero attached hydrogens (tertiary/aromatic N) is 6. The van der Waals surface area contributed by atoms with E-state index in [1.165, 1.54) is 31.4 Å². The van der Waals surface area contributed by atoms with E-state index in [2.05, 4.69) is 32.6 Å². The number of halogens is 8. The Labute approximate surface area is 583 Å². The zero-order valence-corrected chi connectivity index (χ0v) is 57.5. The summed E-state index contributed by atoms with van der Waals surface area (Å²) in [6, 6.07) is 35.1. The van der Waals surface area contributed by atoms with Gasteiger partial charge in [-0.1, -0.05) is 103 Å². The molecule has 6 aromatic carbocycles. The van der Waals surface area contributed by atoms with E-state index in [1.54, 1.807) is 40.9 Å². The average Bonchev–Trinajstić information content (AvgIpc) is 1.59. The minimum atomic E-state index is -5.16. The zero-order chi connectivity index (χ0) is 71.4. The lowest BCUT2D eigenvalue weighted by molar-refractivity contribution is -0.143. The van der Waals surface area contributed by atoms with Gasteiger partial charge in [-0.3, -0.25) is 24.5 Å². The number of alkyl halides is 6. The summed E-state index contributed by atoms with van der Waals surface area (Å²) in [7, 11) is 6.68. The molecule has 0 aromatic heterocycles. The highest BCUT2D eigenvalue weighted by Crippen LogP contribution is 2.49. The molecule has 3 fully saturated rings. The molecule has 3 heterocycles. The summed E-state index contributed by atoms with van der Waals surface area (Å²) in [6.07, 6.45) is -4.54. The molecule has 17 nitrogen and oxygen atoms in total. The molecule has 3 saturated heterocycles. The Hall–Kier alpha value is -8.29. The van der Waals surface area contributed by atoms with Crippen molar-refractivity contribution in [1.82, 2.24) is 29.4 Å². The number of methoxy groups -OCH3 is 1. The Kier molecular flexibility index (Phi) is 24.6. The van der Waals surface area contributed by atoms with Gasteiger partial charge in [-0.05, 0) is 136 Å². The lowest BCUT2D eigenvalue weighted by Gasteiger charge is -2.44. The van der Waals surface area contributed by atoms with Crippen LogP contribution in [0.1, 0.15) is 113 Å². The van der Waals surface area contributed by atoms with Crippen molar-refractivity contribution in [1.29, 1.82) is 0 Å². The predicted molar refractivity (Wildman–Crippen MR) is 367 cm³/mol. The highest BCUT2D eigenvalue weighted by molar-refractivity contribution is 6.33. The van der Waals surface area contributed by atoms with E-state index >= 15 is 0 Å². The van der Waals surface area contributed by atoms with Gasteiger partial charge in [0.25, 0.3) is 11.8 Å². The number of fused-ring (bicyclic) bond motifs is 2. The van der Waals surface area contributed by atoms with Gasteiger partial charge in [-0.25, -0.2) is 9.18 Å². The van der Waals surface area contributed by atoms with Crippen molar-refractivity contribution in [2.75, 3.05) is 124 Å². The fraction of sp³-hybridized carbons (Fsp3) is 0.453. The summed E-state index contributed by atoms with van der Waals surface area (Å²) in [5.41, 5.74) is 0.530. The third-order valence-corrected chi connectivity index (χ3v) is 20.2. The number of carbonyl (C=O) groups excluding carboxylic acids is 5. The largest absolute Gasteiger partial charge is 0.496 e. The third-order valence-electron chi connectivity index (χ3n) is 19.9. The Balaban J connectivity index is 0.625. The number of rotatable bonds is 27. The Morgan fingerprint density at radius 1 is 0.690 bits per heavy atom. The molecule has 6 aromatic rings. The topological polar surface area (TPSA) is 166 Å². The van der Waals surface area contributed by atoms with Crippen molar-refractivity contribution in [3.8, 4) is 16.9 Å². The highest BCUT2D eigenvalue weighted by atomic mass is 35.5. The smallest absolute Gasteiger partial charge is 0.416 e. The van der Waals surface area contributed by atoms with E-state index in [9.17, 15) is 54.7 Å². The molecule has 0 radical (unpaired) electrons. The number of anilines is 2. The van der Waals surface area contributed by atoms with Gasteiger partial charge in [0.1, 0.15) is 36.6 Å². The normalized spacial score (nSPS) is 18.0. The maximum atomic E-state index is 14.3. The van der Waals surface area contributed by atoms with E-state index in [0.29, 0.717) is 131 Å². The average molecular weight is 1410 g/mol. The summed E-state index contributed by atoms with van der Waals surface area (Å²) in [4.78, 5) is 77.8. The minimum Gasteiger partial charge on any atom is -0.496 e. The first-order chi connectivity index (χ1) is 47.8. The first-order valence-electron chi connectivity index (χ1n) is 33.9. The van der Waals surface area contributed by atoms with Crippen LogP contribution in [0.15, 0.2) is 133 Å². The van der Waals surface area contributed by atoms with Crippen molar-refractivity contribution >= 4 is 52.7 Å². The second-order valence-corrected chi connectivity index (χ2v) is 26.9. The Bertz CT molecular complexity index is 3780. The first-order valence-corrected chi connectivity index (χ1v) is 34.3. The molecule has 1 aliphatic carbocycles. The van der Waals surface area contributed by atoms with Crippen molar-refractivity contribution in [3.63, 3.8) is 0 Å². The van der Waals surface area contributed by atoms with Gasteiger partial charge in [0.15, 0.2) is 0 Å². The fourth-order valence-corrected chi connectivity index (χ4v) is 14.2. The number of unbranched alkanes of at least 4 members (excludes halogenated alkanes) is 2. The van der Waals surface area contributed by atoms with Crippen LogP contribution >= 0.6 is 11.6 Å². The number of nitrogens with one attached hydrogen (secondary N) is 2. The molecule has 25 heteroatoms. The second-order valence-electron chi connectivity index (χ2n) is 26.4. The standard InChI is InChI=1S/C75H86ClF7N8O9/c1-86(33-15-34-88(3)70(95)60-46-62(76)64(47-65(60)97-4)84-32-14-6-9-22-67(92)87(2)40-41-89-35-27-58(28-36-89)100-71(96)85-63-21-13-11-19-59(63)51-16-7-5-8-17-51)68(93)48-98-66-44-52-18-10-12-20-61(52)72(66)29-37-90(38-30-72)39-31-73(54-23-25-57(77)26-24-54)49-91(50-99-73)69(94)53-42-55(74(78,79)80)45-56(43-53)75(81,82)83/h5,7-8,10-13,16-21,23-26,42-43,45-47,58,66,84H,6,9,14-15,22,27-41,44,48-50H2,1-4H3,(H,85,96)/t66-,73-/m0/s1. The van der Waals surface area contributed by atoms with Crippen molar-refractivity contribution in [3.05, 3.63) is 183 Å². The number of hydrogen-bond donors (Lipinski definition) is 2. The molecule has 0 saturated carbocycles. The highest BCUT2D eigenvalue weighted by Gasteiger charge is 2.50. The summed E-state index contributed by atoms with van der Waals surface area (Å²) in [5.74, 6) is -1.73. The summed E-state index contributed by atoms with van der Waals surface area (Å²) in [5, 5.41) is 6.62. The van der Waals surface area contributed by atoms with Crippen LogP contribution < -0.4 is 15.4 Å². The number of piperidine rings is 2. The Morgan fingerprint density at radius 2 is 1.34 bits per heavy atom. The molecular formula is C75H86ClF7N8O9. The number of likely N-dealkylation sites (tertiary alicyclic amines) is 2. The van der Waals surface area contributed by atoms with Gasteiger partial charge in [0, 0.05) is 103 Å². The van der Waals surface area contributed by atoms with Gasteiger partial charge in [0.2, 0.25) is 11.8 Å². The van der Waals surface area contributed by atoms with Crippen LogP contribution in [0.5, 0.6) is 5.75 Å². The van der Waals surface area contributed by atoms with Crippen LogP contribution in [0.2, 0.25) is 5.02 Å². The van der Waals surface area contributed by atoms with Crippen LogP contribution in [0, 0.1) is 5.82 Å². The molecule has 0 unspecified atom stereocenters. The third kappa shape index (κ3) is 18.4. The molecule has 536 valence electrons. The molecule has 5 amide bonds. The second kappa shape index (κ2) is 33.0. The van der Waals surface area contributed by atoms with Gasteiger partial charge in [-0.2, -0.15) is 26.3 Å².